The lowest BCUT2D eigenvalue weighted by Crippen LogP contribution is -2.48. The second kappa shape index (κ2) is 9.88. The first-order valence-electron chi connectivity index (χ1n) is 8.52. The average molecular weight is 526 g/mol. The summed E-state index contributed by atoms with van der Waals surface area (Å²) >= 11 is 1.61. The van der Waals surface area contributed by atoms with E-state index in [0.717, 1.165) is 22.0 Å². The first kappa shape index (κ1) is 22.9. The number of aliphatic imine (C=N–C) groups is 1. The van der Waals surface area contributed by atoms with Crippen molar-refractivity contribution in [3.63, 3.8) is 0 Å². The summed E-state index contributed by atoms with van der Waals surface area (Å²) in [7, 11) is 1.68. The summed E-state index contributed by atoms with van der Waals surface area (Å²) in [6.07, 6.45) is -2.99. The van der Waals surface area contributed by atoms with Crippen molar-refractivity contribution in [2.75, 3.05) is 26.7 Å². The first-order chi connectivity index (χ1) is 12.9. The van der Waals surface area contributed by atoms with Gasteiger partial charge in [-0.1, -0.05) is 12.1 Å². The quantitative estimate of drug-likeness (QED) is 0.370. The van der Waals surface area contributed by atoms with Crippen LogP contribution in [0.2, 0.25) is 0 Å². The highest BCUT2D eigenvalue weighted by Crippen LogP contribution is 2.32. The molecule has 0 amide bonds. The summed E-state index contributed by atoms with van der Waals surface area (Å²) in [5.74, 6) is 0.683. The van der Waals surface area contributed by atoms with Gasteiger partial charge in [0.1, 0.15) is 11.1 Å². The van der Waals surface area contributed by atoms with Crippen molar-refractivity contribution < 1.29 is 17.9 Å². The summed E-state index contributed by atoms with van der Waals surface area (Å²) in [5.41, 5.74) is -0.150. The number of ether oxygens (including phenoxy) is 1. The molecule has 154 valence electrons. The maximum atomic E-state index is 13.0. The van der Waals surface area contributed by atoms with Gasteiger partial charge < -0.3 is 15.0 Å². The van der Waals surface area contributed by atoms with Crippen LogP contribution in [0.25, 0.3) is 0 Å². The maximum absolute atomic E-state index is 13.0. The number of halogens is 4. The van der Waals surface area contributed by atoms with Crippen molar-refractivity contribution in [3.8, 4) is 0 Å². The molecule has 5 nitrogen and oxygen atoms in total. The molecule has 3 rings (SSSR count). The van der Waals surface area contributed by atoms with Gasteiger partial charge in [-0.3, -0.25) is 4.99 Å². The number of morpholine rings is 1. The number of hydrogen-bond acceptors (Lipinski definition) is 4. The Morgan fingerprint density at radius 1 is 1.43 bits per heavy atom. The van der Waals surface area contributed by atoms with Crippen molar-refractivity contribution in [1.29, 1.82) is 0 Å². The molecule has 0 radical (unpaired) electrons. The molecule has 1 aliphatic heterocycles. The minimum atomic E-state index is -4.37. The Balaban J connectivity index is 0.00000280. The SMILES string of the molecule is CN=C(NCc1ncc(C)s1)N1CCOC(c2cccc(C(F)(F)F)c2)C1.I. The van der Waals surface area contributed by atoms with E-state index in [1.807, 2.05) is 18.0 Å². The highest BCUT2D eigenvalue weighted by Gasteiger charge is 2.32. The van der Waals surface area contributed by atoms with Gasteiger partial charge in [-0.25, -0.2) is 4.98 Å². The summed E-state index contributed by atoms with van der Waals surface area (Å²) in [6, 6.07) is 5.31. The summed E-state index contributed by atoms with van der Waals surface area (Å²) < 4.78 is 44.6. The van der Waals surface area contributed by atoms with Crippen molar-refractivity contribution >= 4 is 41.3 Å². The highest BCUT2D eigenvalue weighted by molar-refractivity contribution is 14.0. The molecule has 1 atom stereocenters. The zero-order valence-corrected chi connectivity index (χ0v) is 18.6. The number of aromatic nitrogens is 1. The van der Waals surface area contributed by atoms with Crippen molar-refractivity contribution in [2.45, 2.75) is 25.7 Å². The van der Waals surface area contributed by atoms with Gasteiger partial charge in [-0.05, 0) is 24.6 Å². The largest absolute Gasteiger partial charge is 0.416 e. The van der Waals surface area contributed by atoms with Gasteiger partial charge in [0.15, 0.2) is 5.96 Å². The van der Waals surface area contributed by atoms with Crippen LogP contribution in [0.3, 0.4) is 0 Å². The van der Waals surface area contributed by atoms with Crippen LogP contribution in [0.15, 0.2) is 35.5 Å². The lowest BCUT2D eigenvalue weighted by molar-refractivity contribution is -0.137. The van der Waals surface area contributed by atoms with E-state index in [2.05, 4.69) is 15.3 Å². The van der Waals surface area contributed by atoms with Gasteiger partial charge >= 0.3 is 6.18 Å². The number of aryl methyl sites for hydroxylation is 1. The topological polar surface area (TPSA) is 49.8 Å². The molecule has 1 fully saturated rings. The number of guanidine groups is 1. The Morgan fingerprint density at radius 3 is 2.86 bits per heavy atom. The Bertz CT molecular complexity index is 812. The minimum absolute atomic E-state index is 0. The highest BCUT2D eigenvalue weighted by atomic mass is 127. The van der Waals surface area contributed by atoms with E-state index in [-0.39, 0.29) is 24.0 Å². The normalized spacial score (nSPS) is 18.0. The van der Waals surface area contributed by atoms with Gasteiger partial charge in [0.05, 0.1) is 25.3 Å². The van der Waals surface area contributed by atoms with Crippen molar-refractivity contribution in [1.82, 2.24) is 15.2 Å². The molecule has 0 aliphatic carbocycles. The van der Waals surface area contributed by atoms with Crippen LogP contribution >= 0.6 is 35.3 Å². The molecule has 2 aromatic rings. The summed E-state index contributed by atoms with van der Waals surface area (Å²) in [6.45, 7) is 4.01. The fourth-order valence-electron chi connectivity index (χ4n) is 2.93. The zero-order valence-electron chi connectivity index (χ0n) is 15.5. The third kappa shape index (κ3) is 5.80. The molecule has 0 saturated carbocycles. The fourth-order valence-corrected chi connectivity index (χ4v) is 3.66. The fraction of sp³-hybridized carbons (Fsp3) is 0.444. The first-order valence-corrected chi connectivity index (χ1v) is 9.34. The molecule has 0 spiro atoms. The number of alkyl halides is 3. The van der Waals surface area contributed by atoms with Gasteiger partial charge in [0.2, 0.25) is 0 Å². The van der Waals surface area contributed by atoms with E-state index in [0.29, 0.717) is 37.8 Å². The molecule has 1 aromatic heterocycles. The van der Waals surface area contributed by atoms with Crippen LogP contribution in [0.5, 0.6) is 0 Å². The molecule has 2 heterocycles. The number of hydrogen-bond donors (Lipinski definition) is 1. The van der Waals surface area contributed by atoms with E-state index in [1.54, 1.807) is 24.5 Å². The zero-order chi connectivity index (χ0) is 19.4. The lowest BCUT2D eigenvalue weighted by Gasteiger charge is -2.35. The summed E-state index contributed by atoms with van der Waals surface area (Å²) in [4.78, 5) is 11.7. The average Bonchev–Trinajstić information content (AvgIpc) is 3.07. The Labute approximate surface area is 183 Å². The molecule has 0 bridgehead atoms. The monoisotopic (exact) mass is 526 g/mol. The van der Waals surface area contributed by atoms with Crippen LogP contribution in [0.4, 0.5) is 13.2 Å². The molecule has 1 N–H and O–H groups in total. The van der Waals surface area contributed by atoms with Crippen LogP contribution in [-0.2, 0) is 17.5 Å². The maximum Gasteiger partial charge on any atom is 0.416 e. The molecule has 1 aromatic carbocycles. The Morgan fingerprint density at radius 2 is 2.21 bits per heavy atom. The van der Waals surface area contributed by atoms with Crippen molar-refractivity contribution in [3.05, 3.63) is 51.5 Å². The van der Waals surface area contributed by atoms with Crippen LogP contribution in [-0.4, -0.2) is 42.6 Å². The van der Waals surface area contributed by atoms with Gasteiger partial charge in [-0.15, -0.1) is 35.3 Å². The standard InChI is InChI=1S/C18H21F3N4OS.HI/c1-12-9-23-16(27-12)10-24-17(22-2)25-6-7-26-15(11-25)13-4-3-5-14(8-13)18(19,20)21;/h3-5,8-9,15H,6-7,10-11H2,1-2H3,(H,22,24);1H. The third-order valence-corrected chi connectivity index (χ3v) is 5.14. The molecule has 28 heavy (non-hydrogen) atoms. The Kier molecular flexibility index (Phi) is 8.07. The number of nitrogens with zero attached hydrogens (tertiary/aromatic N) is 3. The summed E-state index contributed by atoms with van der Waals surface area (Å²) in [5, 5.41) is 4.22. The lowest BCUT2D eigenvalue weighted by atomic mass is 10.0. The van der Waals surface area contributed by atoms with E-state index >= 15 is 0 Å². The molecular weight excluding hydrogens is 504 g/mol. The predicted molar refractivity (Wildman–Crippen MR) is 114 cm³/mol. The number of benzene rings is 1. The minimum Gasteiger partial charge on any atom is -0.370 e. The van der Waals surface area contributed by atoms with E-state index in [9.17, 15) is 13.2 Å². The number of rotatable bonds is 3. The molecule has 10 heteroatoms. The van der Waals surface area contributed by atoms with Crippen LogP contribution in [0.1, 0.15) is 27.1 Å². The number of thiazole rings is 1. The second-order valence-corrected chi connectivity index (χ2v) is 7.51. The molecule has 1 saturated heterocycles. The van der Waals surface area contributed by atoms with E-state index < -0.39 is 17.8 Å². The smallest absolute Gasteiger partial charge is 0.370 e. The van der Waals surface area contributed by atoms with Crippen LogP contribution < -0.4 is 5.32 Å². The van der Waals surface area contributed by atoms with E-state index in [4.69, 9.17) is 4.74 Å². The number of nitrogens with one attached hydrogen (secondary N) is 1. The molecule has 1 unspecified atom stereocenters. The van der Waals surface area contributed by atoms with Crippen molar-refractivity contribution in [2.24, 2.45) is 4.99 Å². The second-order valence-electron chi connectivity index (χ2n) is 6.19. The molecule has 1 aliphatic rings. The Hall–Kier alpha value is -1.40. The predicted octanol–water partition coefficient (Wildman–Crippen LogP) is 4.24. The molecular formula is C18H22F3IN4OS. The van der Waals surface area contributed by atoms with Gasteiger partial charge in [0, 0.05) is 24.7 Å². The van der Waals surface area contributed by atoms with E-state index in [1.165, 1.54) is 6.07 Å². The third-order valence-electron chi connectivity index (χ3n) is 4.23. The van der Waals surface area contributed by atoms with Gasteiger partial charge in [-0.2, -0.15) is 13.2 Å². The van der Waals surface area contributed by atoms with Crippen LogP contribution in [0, 0.1) is 6.92 Å². The van der Waals surface area contributed by atoms with Gasteiger partial charge in [0.25, 0.3) is 0 Å².